The van der Waals surface area contributed by atoms with Gasteiger partial charge in [-0.3, -0.25) is 4.79 Å². The van der Waals surface area contributed by atoms with Crippen molar-refractivity contribution in [2.45, 2.75) is 24.7 Å². The van der Waals surface area contributed by atoms with Crippen LogP contribution in [0.15, 0.2) is 29.2 Å². The second kappa shape index (κ2) is 6.31. The van der Waals surface area contributed by atoms with E-state index >= 15 is 0 Å². The normalized spacial score (nSPS) is 12.5. The van der Waals surface area contributed by atoms with Gasteiger partial charge >= 0.3 is 0 Å². The first-order valence-electron chi connectivity index (χ1n) is 5.71. The Labute approximate surface area is 112 Å². The molecule has 0 aromatic heterocycles. The molecular weight excluding hydrogens is 266 g/mol. The zero-order valence-electron chi connectivity index (χ0n) is 10.5. The molecule has 0 fully saturated rings. The lowest BCUT2D eigenvalue weighted by Crippen LogP contribution is -2.21. The Bertz CT molecular complexity index is 588. The number of nitrogens with one attached hydrogen (secondary N) is 1. The Morgan fingerprint density at radius 3 is 2.42 bits per heavy atom. The van der Waals surface area contributed by atoms with Crippen LogP contribution in [0.25, 0.3) is 0 Å². The molecule has 0 bridgehead atoms. The highest BCUT2D eigenvalue weighted by atomic mass is 32.2. The molecule has 6 nitrogen and oxygen atoms in total. The summed E-state index contributed by atoms with van der Waals surface area (Å²) in [6, 6.07) is 7.38. The molecule has 0 aliphatic carbocycles. The minimum absolute atomic E-state index is 0.0316. The van der Waals surface area contributed by atoms with Crippen molar-refractivity contribution in [3.63, 3.8) is 0 Å². The molecule has 0 aliphatic rings. The third-order valence-corrected chi connectivity index (χ3v) is 3.43. The molecule has 19 heavy (non-hydrogen) atoms. The van der Waals surface area contributed by atoms with Gasteiger partial charge in [0, 0.05) is 5.69 Å². The van der Waals surface area contributed by atoms with Gasteiger partial charge in [0.25, 0.3) is 0 Å². The number of carbonyl (C=O) groups is 1. The Morgan fingerprint density at radius 1 is 1.42 bits per heavy atom. The Balaban J connectivity index is 2.79. The van der Waals surface area contributed by atoms with E-state index in [9.17, 15) is 13.2 Å². The number of amides is 1. The average molecular weight is 281 g/mol. The number of carbonyl (C=O) groups excluding carboxylic acids is 1. The molecule has 0 spiro atoms. The lowest BCUT2D eigenvalue weighted by molar-refractivity contribution is -0.118. The fraction of sp³-hybridized carbons (Fsp3) is 0.333. The van der Waals surface area contributed by atoms with Crippen LogP contribution in [0.3, 0.4) is 0 Å². The first-order chi connectivity index (χ1) is 8.88. The summed E-state index contributed by atoms with van der Waals surface area (Å²) in [5, 5.41) is 16.4. The van der Waals surface area contributed by atoms with Crippen LogP contribution in [-0.4, -0.2) is 14.3 Å². The number of primary sulfonamides is 1. The van der Waals surface area contributed by atoms with Crippen LogP contribution < -0.4 is 10.5 Å². The number of nitrogens with two attached hydrogens (primary N) is 1. The molecule has 1 aromatic carbocycles. The van der Waals surface area contributed by atoms with Crippen LogP contribution in [0, 0.1) is 17.2 Å². The Kier molecular flexibility index (Phi) is 5.03. The van der Waals surface area contributed by atoms with Crippen molar-refractivity contribution in [1.82, 2.24) is 0 Å². The molecule has 1 atom stereocenters. The predicted molar refractivity (Wildman–Crippen MR) is 70.5 cm³/mol. The maximum absolute atomic E-state index is 11.7. The summed E-state index contributed by atoms with van der Waals surface area (Å²) >= 11 is 0. The molecule has 1 aromatic rings. The van der Waals surface area contributed by atoms with Crippen LogP contribution in [0.4, 0.5) is 5.69 Å². The van der Waals surface area contributed by atoms with Crippen LogP contribution >= 0.6 is 0 Å². The maximum atomic E-state index is 11.7. The maximum Gasteiger partial charge on any atom is 0.241 e. The summed E-state index contributed by atoms with van der Waals surface area (Å²) in [5.74, 6) is -1.10. The van der Waals surface area contributed by atoms with Crippen LogP contribution in [0.1, 0.15) is 19.8 Å². The van der Waals surface area contributed by atoms with Crippen molar-refractivity contribution in [3.8, 4) is 6.07 Å². The van der Waals surface area contributed by atoms with Crippen LogP contribution in [0.2, 0.25) is 0 Å². The Morgan fingerprint density at radius 2 is 2.00 bits per heavy atom. The van der Waals surface area contributed by atoms with E-state index in [1.807, 2.05) is 13.0 Å². The molecule has 1 unspecified atom stereocenters. The molecular formula is C12H15N3O3S. The third-order valence-electron chi connectivity index (χ3n) is 2.50. The molecule has 102 valence electrons. The van der Waals surface area contributed by atoms with E-state index in [1.54, 1.807) is 0 Å². The number of rotatable bonds is 5. The molecule has 3 N–H and O–H groups in total. The van der Waals surface area contributed by atoms with E-state index < -0.39 is 21.8 Å². The van der Waals surface area contributed by atoms with E-state index in [4.69, 9.17) is 10.4 Å². The van der Waals surface area contributed by atoms with Crippen LogP contribution in [0.5, 0.6) is 0 Å². The number of hydrogen-bond donors (Lipinski definition) is 2. The number of hydrogen-bond acceptors (Lipinski definition) is 4. The molecule has 0 radical (unpaired) electrons. The number of nitrogens with zero attached hydrogens (tertiary/aromatic N) is 1. The largest absolute Gasteiger partial charge is 0.325 e. The lowest BCUT2D eigenvalue weighted by Gasteiger charge is -2.09. The van der Waals surface area contributed by atoms with Crippen molar-refractivity contribution in [1.29, 1.82) is 5.26 Å². The smallest absolute Gasteiger partial charge is 0.241 e. The van der Waals surface area contributed by atoms with Gasteiger partial charge in [0.05, 0.1) is 11.0 Å². The second-order valence-electron chi connectivity index (χ2n) is 4.03. The number of benzene rings is 1. The highest BCUT2D eigenvalue weighted by molar-refractivity contribution is 7.89. The SMILES string of the molecule is CCCC(C#N)C(=O)Nc1ccc(S(N)(=O)=O)cc1. The van der Waals surface area contributed by atoms with Gasteiger partial charge in [0.1, 0.15) is 5.92 Å². The third kappa shape index (κ3) is 4.35. The van der Waals surface area contributed by atoms with Gasteiger partial charge in [-0.15, -0.1) is 0 Å². The fourth-order valence-corrected chi connectivity index (χ4v) is 2.02. The second-order valence-corrected chi connectivity index (χ2v) is 5.59. The minimum atomic E-state index is -3.74. The molecule has 0 heterocycles. The van der Waals surface area contributed by atoms with Gasteiger partial charge in [0.2, 0.25) is 15.9 Å². The lowest BCUT2D eigenvalue weighted by atomic mass is 10.0. The van der Waals surface area contributed by atoms with Crippen molar-refractivity contribution < 1.29 is 13.2 Å². The van der Waals surface area contributed by atoms with E-state index in [-0.39, 0.29) is 4.90 Å². The van der Waals surface area contributed by atoms with E-state index in [1.165, 1.54) is 24.3 Å². The van der Waals surface area contributed by atoms with Crippen LogP contribution in [-0.2, 0) is 14.8 Å². The number of sulfonamides is 1. The Hall–Kier alpha value is -1.91. The fourth-order valence-electron chi connectivity index (χ4n) is 1.50. The predicted octanol–water partition coefficient (Wildman–Crippen LogP) is 1.21. The zero-order valence-corrected chi connectivity index (χ0v) is 11.3. The van der Waals surface area contributed by atoms with E-state index in [0.29, 0.717) is 12.1 Å². The van der Waals surface area contributed by atoms with Crippen molar-refractivity contribution in [2.75, 3.05) is 5.32 Å². The van der Waals surface area contributed by atoms with Crippen molar-refractivity contribution in [3.05, 3.63) is 24.3 Å². The topological polar surface area (TPSA) is 113 Å². The van der Waals surface area contributed by atoms with Crippen molar-refractivity contribution in [2.24, 2.45) is 11.1 Å². The summed E-state index contributed by atoms with van der Waals surface area (Å²) in [6.07, 6.45) is 1.22. The minimum Gasteiger partial charge on any atom is -0.325 e. The van der Waals surface area contributed by atoms with Gasteiger partial charge in [0.15, 0.2) is 0 Å². The van der Waals surface area contributed by atoms with E-state index in [2.05, 4.69) is 5.32 Å². The first-order valence-corrected chi connectivity index (χ1v) is 7.26. The van der Waals surface area contributed by atoms with Gasteiger partial charge < -0.3 is 5.32 Å². The standard InChI is InChI=1S/C12H15N3O3S/c1-2-3-9(8-13)12(16)15-10-4-6-11(7-5-10)19(14,17)18/h4-7,9H,2-3H2,1H3,(H,15,16)(H2,14,17,18). The van der Waals surface area contributed by atoms with Gasteiger partial charge in [-0.25, -0.2) is 13.6 Å². The summed E-state index contributed by atoms with van der Waals surface area (Å²) < 4.78 is 22.1. The summed E-state index contributed by atoms with van der Waals surface area (Å²) in [4.78, 5) is 11.7. The van der Waals surface area contributed by atoms with Gasteiger partial charge in [-0.2, -0.15) is 5.26 Å². The summed E-state index contributed by atoms with van der Waals surface area (Å²) in [6.45, 7) is 1.89. The first kappa shape index (κ1) is 15.1. The molecule has 1 amide bonds. The van der Waals surface area contributed by atoms with E-state index in [0.717, 1.165) is 6.42 Å². The van der Waals surface area contributed by atoms with Gasteiger partial charge in [-0.1, -0.05) is 13.3 Å². The van der Waals surface area contributed by atoms with Crippen molar-refractivity contribution >= 4 is 21.6 Å². The summed E-state index contributed by atoms with van der Waals surface area (Å²) in [7, 11) is -3.74. The highest BCUT2D eigenvalue weighted by Gasteiger charge is 2.17. The molecule has 1 rings (SSSR count). The number of nitriles is 1. The molecule has 0 aliphatic heterocycles. The quantitative estimate of drug-likeness (QED) is 0.844. The van der Waals surface area contributed by atoms with Gasteiger partial charge in [-0.05, 0) is 30.7 Å². The molecule has 7 heteroatoms. The number of anilines is 1. The highest BCUT2D eigenvalue weighted by Crippen LogP contribution is 2.15. The molecule has 0 saturated carbocycles. The zero-order chi connectivity index (χ0) is 14.5. The summed E-state index contributed by atoms with van der Waals surface area (Å²) in [5.41, 5.74) is 0.425. The monoisotopic (exact) mass is 281 g/mol. The molecule has 0 saturated heterocycles. The average Bonchev–Trinajstić information content (AvgIpc) is 2.35.